The van der Waals surface area contributed by atoms with Gasteiger partial charge in [-0.25, -0.2) is 10.4 Å². The summed E-state index contributed by atoms with van der Waals surface area (Å²) in [5, 5.41) is 4.50. The lowest BCUT2D eigenvalue weighted by molar-refractivity contribution is -0.0976. The van der Waals surface area contributed by atoms with Gasteiger partial charge in [0.15, 0.2) is 0 Å². The monoisotopic (exact) mass is 197 g/mol. The van der Waals surface area contributed by atoms with Crippen LogP contribution in [0.5, 0.6) is 0 Å². The molecule has 1 rings (SSSR count). The van der Waals surface area contributed by atoms with Crippen molar-refractivity contribution in [1.29, 1.82) is 0 Å². The van der Waals surface area contributed by atoms with E-state index in [4.69, 9.17) is 0 Å². The Kier molecular flexibility index (Phi) is 3.70. The summed E-state index contributed by atoms with van der Waals surface area (Å²) in [6.45, 7) is 6.51. The number of hydrogen-bond donors (Lipinski definition) is 1. The normalized spacial score (nSPS) is 18.8. The van der Waals surface area contributed by atoms with Crippen molar-refractivity contribution in [3.05, 3.63) is 12.2 Å². The third-order valence-electron chi connectivity index (χ3n) is 2.85. The zero-order valence-corrected chi connectivity index (χ0v) is 10.0. The van der Waals surface area contributed by atoms with E-state index in [1.54, 1.807) is 0 Å². The molecule has 1 saturated carbocycles. The second-order valence-electron chi connectivity index (χ2n) is 4.48. The van der Waals surface area contributed by atoms with Crippen molar-refractivity contribution in [2.24, 2.45) is 0 Å². The molecule has 3 heteroatoms. The minimum Gasteiger partial charge on any atom is -0.244 e. The summed E-state index contributed by atoms with van der Waals surface area (Å²) < 4.78 is 0. The molecule has 82 valence electrons. The predicted molar refractivity (Wildman–Crippen MR) is 60.6 cm³/mol. The Hall–Kier alpha value is -0.380. The van der Waals surface area contributed by atoms with Crippen LogP contribution in [-0.2, 0) is 0 Å². The fourth-order valence-electron chi connectivity index (χ4n) is 1.69. The predicted octanol–water partition coefficient (Wildman–Crippen LogP) is 1.79. The highest BCUT2D eigenvalue weighted by molar-refractivity contribution is 5.00. The van der Waals surface area contributed by atoms with Crippen LogP contribution in [0.1, 0.15) is 33.6 Å². The van der Waals surface area contributed by atoms with E-state index < -0.39 is 0 Å². The van der Waals surface area contributed by atoms with E-state index in [2.05, 4.69) is 55.5 Å². The van der Waals surface area contributed by atoms with E-state index in [9.17, 15) is 0 Å². The Morgan fingerprint density at radius 2 is 1.93 bits per heavy atom. The van der Waals surface area contributed by atoms with Crippen molar-refractivity contribution >= 4 is 0 Å². The van der Waals surface area contributed by atoms with Crippen LogP contribution in [0.15, 0.2) is 12.2 Å². The molecule has 1 fully saturated rings. The van der Waals surface area contributed by atoms with Gasteiger partial charge in [-0.05, 0) is 33.6 Å². The zero-order valence-electron chi connectivity index (χ0n) is 10.0. The largest absolute Gasteiger partial charge is 0.244 e. The van der Waals surface area contributed by atoms with E-state index in [0.717, 1.165) is 0 Å². The van der Waals surface area contributed by atoms with Gasteiger partial charge in [0.2, 0.25) is 0 Å². The van der Waals surface area contributed by atoms with Crippen molar-refractivity contribution in [2.45, 2.75) is 45.2 Å². The SMILES string of the molecule is C/C=C\C(C)(C)N(C)N(NC)C1CC1. The Bertz CT molecular complexity index is 207. The second kappa shape index (κ2) is 4.43. The van der Waals surface area contributed by atoms with E-state index in [1.807, 2.05) is 7.05 Å². The van der Waals surface area contributed by atoms with Gasteiger partial charge in [0.05, 0.1) is 0 Å². The molecule has 3 nitrogen and oxygen atoms in total. The molecule has 0 aliphatic heterocycles. The van der Waals surface area contributed by atoms with Crippen LogP contribution in [0.4, 0.5) is 0 Å². The highest BCUT2D eigenvalue weighted by atomic mass is 15.8. The Morgan fingerprint density at radius 3 is 2.29 bits per heavy atom. The van der Waals surface area contributed by atoms with Gasteiger partial charge in [-0.3, -0.25) is 0 Å². The number of nitrogens with one attached hydrogen (secondary N) is 1. The highest BCUT2D eigenvalue weighted by Gasteiger charge is 2.35. The lowest BCUT2D eigenvalue weighted by Gasteiger charge is -2.41. The maximum Gasteiger partial charge on any atom is 0.0489 e. The highest BCUT2D eigenvalue weighted by Crippen LogP contribution is 2.29. The van der Waals surface area contributed by atoms with Crippen LogP contribution >= 0.6 is 0 Å². The lowest BCUT2D eigenvalue weighted by atomic mass is 10.1. The number of rotatable bonds is 5. The molecule has 0 atom stereocenters. The Morgan fingerprint density at radius 1 is 1.36 bits per heavy atom. The average molecular weight is 197 g/mol. The first-order valence-electron chi connectivity index (χ1n) is 5.37. The summed E-state index contributed by atoms with van der Waals surface area (Å²) in [7, 11) is 4.12. The minimum absolute atomic E-state index is 0.0698. The van der Waals surface area contributed by atoms with Crippen LogP contribution in [0.3, 0.4) is 0 Å². The van der Waals surface area contributed by atoms with Crippen molar-refractivity contribution in [3.8, 4) is 0 Å². The molecule has 0 radical (unpaired) electrons. The van der Waals surface area contributed by atoms with Crippen molar-refractivity contribution in [2.75, 3.05) is 14.1 Å². The van der Waals surface area contributed by atoms with Crippen molar-refractivity contribution in [1.82, 2.24) is 15.6 Å². The maximum atomic E-state index is 3.25. The molecule has 0 aromatic carbocycles. The molecule has 1 aliphatic carbocycles. The molecule has 0 unspecified atom stereocenters. The topological polar surface area (TPSA) is 18.5 Å². The number of likely N-dealkylation sites (N-methyl/N-ethyl adjacent to an activating group) is 1. The van der Waals surface area contributed by atoms with Crippen LogP contribution in [0, 0.1) is 0 Å². The molecule has 0 aromatic rings. The summed E-state index contributed by atoms with van der Waals surface area (Å²) in [6.07, 6.45) is 6.94. The first-order chi connectivity index (χ1) is 6.53. The molecule has 1 aliphatic rings. The van der Waals surface area contributed by atoms with Gasteiger partial charge in [-0.15, -0.1) is 0 Å². The molecular formula is C11H23N3. The first kappa shape index (κ1) is 11.7. The third-order valence-corrected chi connectivity index (χ3v) is 2.85. The molecule has 1 N–H and O–H groups in total. The smallest absolute Gasteiger partial charge is 0.0489 e. The van der Waals surface area contributed by atoms with Gasteiger partial charge >= 0.3 is 0 Å². The van der Waals surface area contributed by atoms with Crippen LogP contribution in [0.2, 0.25) is 0 Å². The van der Waals surface area contributed by atoms with Crippen LogP contribution < -0.4 is 5.43 Å². The summed E-state index contributed by atoms with van der Waals surface area (Å²) in [6, 6.07) is 0.689. The molecule has 0 amide bonds. The van der Waals surface area contributed by atoms with Crippen molar-refractivity contribution in [3.63, 3.8) is 0 Å². The maximum absolute atomic E-state index is 3.25. The molecule has 0 aromatic heterocycles. The van der Waals surface area contributed by atoms with Gasteiger partial charge in [0, 0.05) is 25.7 Å². The molecular weight excluding hydrogens is 174 g/mol. The fourth-order valence-corrected chi connectivity index (χ4v) is 1.69. The quantitative estimate of drug-likeness (QED) is 0.535. The van der Waals surface area contributed by atoms with E-state index in [1.165, 1.54) is 12.8 Å². The van der Waals surface area contributed by atoms with Crippen molar-refractivity contribution < 1.29 is 0 Å². The zero-order chi connectivity index (χ0) is 10.8. The summed E-state index contributed by atoms with van der Waals surface area (Å²) in [4.78, 5) is 0. The second-order valence-corrected chi connectivity index (χ2v) is 4.48. The van der Waals surface area contributed by atoms with Gasteiger partial charge in [-0.2, -0.15) is 5.12 Å². The standard InChI is InChI=1S/C11H23N3/c1-6-9-11(2,3)13(5)14(12-4)10-7-8-10/h6,9-10,12H,7-8H2,1-5H3/b9-6-. The summed E-state index contributed by atoms with van der Waals surface area (Å²) in [5.41, 5.74) is 3.32. The Balaban J connectivity index is 2.64. The number of allylic oxidation sites excluding steroid dienone is 1. The number of hydrogen-bond acceptors (Lipinski definition) is 3. The van der Waals surface area contributed by atoms with Gasteiger partial charge in [0.1, 0.15) is 0 Å². The van der Waals surface area contributed by atoms with Gasteiger partial charge in [-0.1, -0.05) is 12.2 Å². The third kappa shape index (κ3) is 2.56. The molecule has 14 heavy (non-hydrogen) atoms. The average Bonchev–Trinajstić information content (AvgIpc) is 2.89. The summed E-state index contributed by atoms with van der Waals surface area (Å²) >= 11 is 0. The minimum atomic E-state index is 0.0698. The molecule has 0 bridgehead atoms. The van der Waals surface area contributed by atoms with E-state index in [0.29, 0.717) is 6.04 Å². The fraction of sp³-hybridized carbons (Fsp3) is 0.818. The van der Waals surface area contributed by atoms with E-state index >= 15 is 0 Å². The van der Waals surface area contributed by atoms with Gasteiger partial charge in [0.25, 0.3) is 0 Å². The molecule has 0 spiro atoms. The van der Waals surface area contributed by atoms with Crippen LogP contribution in [-0.4, -0.2) is 35.8 Å². The molecule has 0 heterocycles. The van der Waals surface area contributed by atoms with E-state index in [-0.39, 0.29) is 5.54 Å². The number of hydrazine groups is 2. The molecule has 0 saturated heterocycles. The number of nitrogens with zero attached hydrogens (tertiary/aromatic N) is 2. The van der Waals surface area contributed by atoms with Gasteiger partial charge < -0.3 is 0 Å². The first-order valence-corrected chi connectivity index (χ1v) is 5.37. The Labute approximate surface area is 87.7 Å². The van der Waals surface area contributed by atoms with Crippen LogP contribution in [0.25, 0.3) is 0 Å². The lowest BCUT2D eigenvalue weighted by Crippen LogP contribution is -2.56. The summed E-state index contributed by atoms with van der Waals surface area (Å²) in [5.74, 6) is 0.